The first-order chi connectivity index (χ1) is 12.5. The fourth-order valence-corrected chi connectivity index (χ4v) is 5.94. The van der Waals surface area contributed by atoms with Crippen molar-refractivity contribution in [1.82, 2.24) is 9.62 Å². The standard InChI is InChI=1S/C19H20N2O3S2/c1-15-11-12-18(25-15)26(23,24)21-14-6-10-17(21)19(22)20-13-5-9-16-7-3-2-4-8-16/h2-4,7-8,11-12,17H,6,10,13-14H2,1H3,(H,20,22). The Hall–Kier alpha value is -2.14. The van der Waals surface area contributed by atoms with E-state index >= 15 is 0 Å². The number of sulfonamides is 1. The maximum atomic E-state index is 12.8. The lowest BCUT2D eigenvalue weighted by Crippen LogP contribution is -2.45. The number of nitrogens with one attached hydrogen (secondary N) is 1. The molecule has 1 aromatic heterocycles. The molecule has 1 amide bonds. The molecule has 1 fully saturated rings. The summed E-state index contributed by atoms with van der Waals surface area (Å²) in [6, 6.07) is 12.2. The van der Waals surface area contributed by atoms with E-state index in [0.717, 1.165) is 10.4 Å². The predicted octanol–water partition coefficient (Wildman–Crippen LogP) is 2.38. The maximum absolute atomic E-state index is 12.8. The van der Waals surface area contributed by atoms with Gasteiger partial charge in [0, 0.05) is 17.0 Å². The van der Waals surface area contributed by atoms with Crippen LogP contribution in [-0.2, 0) is 14.8 Å². The summed E-state index contributed by atoms with van der Waals surface area (Å²) in [6.07, 6.45) is 1.21. The highest BCUT2D eigenvalue weighted by atomic mass is 32.2. The van der Waals surface area contributed by atoms with E-state index in [1.807, 2.05) is 37.3 Å². The van der Waals surface area contributed by atoms with Gasteiger partial charge in [-0.25, -0.2) is 8.42 Å². The van der Waals surface area contributed by atoms with Gasteiger partial charge in [-0.1, -0.05) is 30.0 Å². The van der Waals surface area contributed by atoms with Crippen LogP contribution in [0.5, 0.6) is 0 Å². The SMILES string of the molecule is Cc1ccc(S(=O)(=O)N2CCCC2C(=O)NCC#Cc2ccccc2)s1. The summed E-state index contributed by atoms with van der Waals surface area (Å²) in [4.78, 5) is 13.4. The molecule has 1 aliphatic rings. The first kappa shape index (κ1) is 18.6. The Bertz CT molecular complexity index is 940. The average molecular weight is 389 g/mol. The average Bonchev–Trinajstić information content (AvgIpc) is 3.29. The van der Waals surface area contributed by atoms with E-state index < -0.39 is 16.1 Å². The fraction of sp³-hybridized carbons (Fsp3) is 0.316. The molecule has 5 nitrogen and oxygen atoms in total. The van der Waals surface area contributed by atoms with Crippen LogP contribution in [0.4, 0.5) is 0 Å². The van der Waals surface area contributed by atoms with Crippen molar-refractivity contribution in [1.29, 1.82) is 0 Å². The molecule has 1 unspecified atom stereocenters. The first-order valence-electron chi connectivity index (χ1n) is 8.38. The molecule has 1 N–H and O–H groups in total. The van der Waals surface area contributed by atoms with Crippen LogP contribution in [-0.4, -0.2) is 37.8 Å². The van der Waals surface area contributed by atoms with Crippen molar-refractivity contribution in [3.63, 3.8) is 0 Å². The minimum Gasteiger partial charge on any atom is -0.344 e. The lowest BCUT2D eigenvalue weighted by atomic mass is 10.2. The van der Waals surface area contributed by atoms with Crippen LogP contribution in [0, 0.1) is 18.8 Å². The van der Waals surface area contributed by atoms with E-state index in [1.54, 1.807) is 12.1 Å². The lowest BCUT2D eigenvalue weighted by Gasteiger charge is -2.22. The molecule has 0 bridgehead atoms. The van der Waals surface area contributed by atoms with E-state index in [-0.39, 0.29) is 12.5 Å². The minimum atomic E-state index is -3.63. The second-order valence-electron chi connectivity index (χ2n) is 6.02. The van der Waals surface area contributed by atoms with Crippen molar-refractivity contribution < 1.29 is 13.2 Å². The number of rotatable bonds is 4. The highest BCUT2D eigenvalue weighted by Crippen LogP contribution is 2.30. The fourth-order valence-electron chi connectivity index (χ4n) is 2.87. The van der Waals surface area contributed by atoms with Crippen molar-refractivity contribution >= 4 is 27.3 Å². The molecule has 136 valence electrons. The van der Waals surface area contributed by atoms with E-state index in [9.17, 15) is 13.2 Å². The van der Waals surface area contributed by atoms with Crippen molar-refractivity contribution in [3.8, 4) is 11.8 Å². The van der Waals surface area contributed by atoms with Crippen LogP contribution in [0.25, 0.3) is 0 Å². The van der Waals surface area contributed by atoms with Crippen LogP contribution in [0.1, 0.15) is 23.3 Å². The Balaban J connectivity index is 1.64. The van der Waals surface area contributed by atoms with Crippen LogP contribution in [0.2, 0.25) is 0 Å². The van der Waals surface area contributed by atoms with Gasteiger partial charge in [-0.2, -0.15) is 4.31 Å². The van der Waals surface area contributed by atoms with Gasteiger partial charge in [-0.05, 0) is 44.0 Å². The first-order valence-corrected chi connectivity index (χ1v) is 10.6. The molecule has 1 saturated heterocycles. The van der Waals surface area contributed by atoms with Gasteiger partial charge in [0.1, 0.15) is 10.3 Å². The Kier molecular flexibility index (Phi) is 5.77. The summed E-state index contributed by atoms with van der Waals surface area (Å²) in [7, 11) is -3.63. The van der Waals surface area contributed by atoms with E-state index in [2.05, 4.69) is 17.2 Å². The Morgan fingerprint density at radius 1 is 1.27 bits per heavy atom. The van der Waals surface area contributed by atoms with Crippen molar-refractivity contribution in [2.75, 3.05) is 13.1 Å². The summed E-state index contributed by atoms with van der Waals surface area (Å²) in [5.74, 6) is 5.57. The third-order valence-electron chi connectivity index (χ3n) is 4.14. The molecule has 1 atom stereocenters. The summed E-state index contributed by atoms with van der Waals surface area (Å²) < 4.78 is 27.2. The van der Waals surface area contributed by atoms with Gasteiger partial charge >= 0.3 is 0 Å². The number of nitrogens with zero attached hydrogens (tertiary/aromatic N) is 1. The van der Waals surface area contributed by atoms with Gasteiger partial charge in [0.05, 0.1) is 6.54 Å². The smallest absolute Gasteiger partial charge is 0.253 e. The van der Waals surface area contributed by atoms with Gasteiger partial charge in [-0.15, -0.1) is 11.3 Å². The molecular formula is C19H20N2O3S2. The zero-order chi connectivity index (χ0) is 18.6. The van der Waals surface area contributed by atoms with Gasteiger partial charge < -0.3 is 5.32 Å². The predicted molar refractivity (Wildman–Crippen MR) is 102 cm³/mol. The monoisotopic (exact) mass is 388 g/mol. The molecule has 3 rings (SSSR count). The van der Waals surface area contributed by atoms with Crippen LogP contribution >= 0.6 is 11.3 Å². The third kappa shape index (κ3) is 4.15. The third-order valence-corrected chi connectivity index (χ3v) is 7.52. The molecule has 0 radical (unpaired) electrons. The van der Waals surface area contributed by atoms with E-state index in [0.29, 0.717) is 23.6 Å². The van der Waals surface area contributed by atoms with E-state index in [4.69, 9.17) is 0 Å². The highest BCUT2D eigenvalue weighted by Gasteiger charge is 2.39. The highest BCUT2D eigenvalue weighted by molar-refractivity contribution is 7.91. The Morgan fingerprint density at radius 2 is 2.04 bits per heavy atom. The molecule has 2 heterocycles. The molecule has 7 heteroatoms. The number of benzene rings is 1. The van der Waals surface area contributed by atoms with Gasteiger partial charge in [-0.3, -0.25) is 4.79 Å². The Labute approximate surface area is 158 Å². The molecule has 0 saturated carbocycles. The van der Waals surface area contributed by atoms with Crippen LogP contribution < -0.4 is 5.32 Å². The van der Waals surface area contributed by atoms with Crippen molar-refractivity contribution in [2.24, 2.45) is 0 Å². The quantitative estimate of drug-likeness (QED) is 0.818. The van der Waals surface area contributed by atoms with Crippen LogP contribution in [0.15, 0.2) is 46.7 Å². The summed E-state index contributed by atoms with van der Waals surface area (Å²) >= 11 is 1.23. The molecule has 26 heavy (non-hydrogen) atoms. The number of carbonyl (C=O) groups excluding carboxylic acids is 1. The number of aryl methyl sites for hydroxylation is 1. The zero-order valence-corrected chi connectivity index (χ0v) is 16.1. The summed E-state index contributed by atoms with van der Waals surface area (Å²) in [6.45, 7) is 2.42. The molecule has 0 aliphatic carbocycles. The number of hydrogen-bond donors (Lipinski definition) is 1. The van der Waals surface area contributed by atoms with Gasteiger partial charge in [0.25, 0.3) is 10.0 Å². The van der Waals surface area contributed by atoms with Gasteiger partial charge in [0.15, 0.2) is 0 Å². The number of carbonyl (C=O) groups is 1. The summed E-state index contributed by atoms with van der Waals surface area (Å²) in [5.41, 5.74) is 0.875. The number of thiophene rings is 1. The van der Waals surface area contributed by atoms with Crippen molar-refractivity contribution in [2.45, 2.75) is 30.0 Å². The topological polar surface area (TPSA) is 66.5 Å². The number of hydrogen-bond acceptors (Lipinski definition) is 4. The largest absolute Gasteiger partial charge is 0.344 e. The van der Waals surface area contributed by atoms with Crippen molar-refractivity contribution in [3.05, 3.63) is 52.9 Å². The Morgan fingerprint density at radius 3 is 2.73 bits per heavy atom. The molecule has 0 spiro atoms. The summed E-state index contributed by atoms with van der Waals surface area (Å²) in [5, 5.41) is 2.74. The maximum Gasteiger partial charge on any atom is 0.253 e. The molecular weight excluding hydrogens is 368 g/mol. The van der Waals surface area contributed by atoms with E-state index in [1.165, 1.54) is 15.6 Å². The normalized spacial score (nSPS) is 17.5. The zero-order valence-electron chi connectivity index (χ0n) is 14.4. The number of amides is 1. The lowest BCUT2D eigenvalue weighted by molar-refractivity contribution is -0.123. The second kappa shape index (κ2) is 8.04. The molecule has 1 aromatic carbocycles. The molecule has 1 aliphatic heterocycles. The molecule has 2 aromatic rings. The van der Waals surface area contributed by atoms with Gasteiger partial charge in [0.2, 0.25) is 5.91 Å². The minimum absolute atomic E-state index is 0.191. The second-order valence-corrected chi connectivity index (χ2v) is 9.43. The van der Waals surface area contributed by atoms with Crippen LogP contribution in [0.3, 0.4) is 0 Å².